The maximum absolute atomic E-state index is 6.23. The zero-order valence-corrected chi connectivity index (χ0v) is 14.2. The first-order chi connectivity index (χ1) is 10.5. The zero-order chi connectivity index (χ0) is 15.7. The maximum atomic E-state index is 6.23. The second-order valence-electron chi connectivity index (χ2n) is 5.94. The van der Waals surface area contributed by atoms with Crippen LogP contribution in [0.5, 0.6) is 0 Å². The number of aromatic nitrogens is 5. The van der Waals surface area contributed by atoms with Gasteiger partial charge in [-0.2, -0.15) is 0 Å². The standard InChI is InChI=1S/C15H16ClN5S/c1-15(2,3)21-14(18-19-20-21)22-9-10-6-7-12(16)11-5-4-8-17-13(10)11/h4-8H,9H2,1-3H3. The summed E-state index contributed by atoms with van der Waals surface area (Å²) >= 11 is 7.83. The minimum atomic E-state index is -0.147. The van der Waals surface area contributed by atoms with Gasteiger partial charge in [0.2, 0.25) is 5.16 Å². The number of tetrazole rings is 1. The molecular formula is C15H16ClN5S. The number of benzene rings is 1. The van der Waals surface area contributed by atoms with E-state index in [-0.39, 0.29) is 5.54 Å². The zero-order valence-electron chi connectivity index (χ0n) is 12.6. The molecule has 0 radical (unpaired) electrons. The van der Waals surface area contributed by atoms with E-state index in [0.717, 1.165) is 32.4 Å². The summed E-state index contributed by atoms with van der Waals surface area (Å²) in [7, 11) is 0. The maximum Gasteiger partial charge on any atom is 0.210 e. The second-order valence-corrected chi connectivity index (χ2v) is 7.29. The average Bonchev–Trinajstić information content (AvgIpc) is 2.96. The van der Waals surface area contributed by atoms with Crippen molar-refractivity contribution in [2.24, 2.45) is 0 Å². The quantitative estimate of drug-likeness (QED) is 0.680. The van der Waals surface area contributed by atoms with E-state index in [4.69, 9.17) is 11.6 Å². The Hall–Kier alpha value is -1.66. The lowest BCUT2D eigenvalue weighted by Gasteiger charge is -2.19. The number of nitrogens with zero attached hydrogens (tertiary/aromatic N) is 5. The minimum absolute atomic E-state index is 0.147. The summed E-state index contributed by atoms with van der Waals surface area (Å²) in [4.78, 5) is 4.46. The number of fused-ring (bicyclic) bond motifs is 1. The van der Waals surface area contributed by atoms with Crippen LogP contribution in [0, 0.1) is 0 Å². The van der Waals surface area contributed by atoms with Crippen LogP contribution in [0.2, 0.25) is 5.02 Å². The van der Waals surface area contributed by atoms with E-state index in [0.29, 0.717) is 0 Å². The van der Waals surface area contributed by atoms with Gasteiger partial charge < -0.3 is 0 Å². The topological polar surface area (TPSA) is 56.5 Å². The molecule has 114 valence electrons. The monoisotopic (exact) mass is 333 g/mol. The molecule has 22 heavy (non-hydrogen) atoms. The summed E-state index contributed by atoms with van der Waals surface area (Å²) in [6.45, 7) is 6.23. The highest BCUT2D eigenvalue weighted by atomic mass is 35.5. The average molecular weight is 334 g/mol. The van der Waals surface area contributed by atoms with Gasteiger partial charge in [-0.05, 0) is 55.0 Å². The van der Waals surface area contributed by atoms with Crippen LogP contribution in [0.3, 0.4) is 0 Å². The molecule has 0 fully saturated rings. The van der Waals surface area contributed by atoms with Crippen molar-refractivity contribution in [2.45, 2.75) is 37.2 Å². The molecule has 3 aromatic rings. The summed E-state index contributed by atoms with van der Waals surface area (Å²) in [6, 6.07) is 7.80. The molecule has 0 spiro atoms. The van der Waals surface area contributed by atoms with Crippen molar-refractivity contribution in [2.75, 3.05) is 0 Å². The first-order valence-electron chi connectivity index (χ1n) is 6.90. The van der Waals surface area contributed by atoms with Gasteiger partial charge in [0.05, 0.1) is 11.1 Å². The number of hydrogen-bond donors (Lipinski definition) is 0. The molecule has 0 aliphatic carbocycles. The van der Waals surface area contributed by atoms with Crippen LogP contribution in [-0.4, -0.2) is 25.2 Å². The lowest BCUT2D eigenvalue weighted by Crippen LogP contribution is -2.24. The van der Waals surface area contributed by atoms with Crippen molar-refractivity contribution in [1.82, 2.24) is 25.2 Å². The summed E-state index contributed by atoms with van der Waals surface area (Å²) in [5.74, 6) is 0.737. The molecule has 0 unspecified atom stereocenters. The fourth-order valence-corrected chi connectivity index (χ4v) is 3.41. The van der Waals surface area contributed by atoms with Crippen LogP contribution >= 0.6 is 23.4 Å². The Kier molecular flexibility index (Phi) is 4.06. The smallest absolute Gasteiger partial charge is 0.210 e. The number of halogens is 1. The lowest BCUT2D eigenvalue weighted by molar-refractivity contribution is 0.321. The first-order valence-corrected chi connectivity index (χ1v) is 8.27. The fraction of sp³-hybridized carbons (Fsp3) is 0.333. The molecule has 0 aliphatic heterocycles. The molecule has 0 aliphatic rings. The predicted octanol–water partition coefficient (Wildman–Crippen LogP) is 3.92. The Labute approximate surface area is 138 Å². The van der Waals surface area contributed by atoms with Crippen LogP contribution in [0.15, 0.2) is 35.6 Å². The van der Waals surface area contributed by atoms with Crippen molar-refractivity contribution in [3.05, 3.63) is 41.0 Å². The summed E-state index contributed by atoms with van der Waals surface area (Å²) < 4.78 is 1.84. The molecule has 2 heterocycles. The number of rotatable bonds is 3. The Morgan fingerprint density at radius 3 is 2.82 bits per heavy atom. The lowest BCUT2D eigenvalue weighted by atomic mass is 10.1. The Morgan fingerprint density at radius 2 is 2.05 bits per heavy atom. The summed E-state index contributed by atoms with van der Waals surface area (Å²) in [6.07, 6.45) is 1.78. The van der Waals surface area contributed by atoms with Gasteiger partial charge >= 0.3 is 0 Å². The van der Waals surface area contributed by atoms with Crippen LogP contribution in [0.1, 0.15) is 26.3 Å². The van der Waals surface area contributed by atoms with Gasteiger partial charge in [-0.25, -0.2) is 4.68 Å². The highest BCUT2D eigenvalue weighted by Crippen LogP contribution is 2.30. The molecule has 0 N–H and O–H groups in total. The third-order valence-electron chi connectivity index (χ3n) is 3.23. The molecule has 5 nitrogen and oxygen atoms in total. The van der Waals surface area contributed by atoms with Crippen molar-refractivity contribution in [3.63, 3.8) is 0 Å². The molecule has 0 amide bonds. The normalized spacial score (nSPS) is 12.0. The van der Waals surface area contributed by atoms with E-state index in [1.807, 2.05) is 28.9 Å². The molecule has 1 aromatic carbocycles. The third kappa shape index (κ3) is 2.94. The summed E-state index contributed by atoms with van der Waals surface area (Å²) in [5.41, 5.74) is 1.90. The number of hydrogen-bond acceptors (Lipinski definition) is 5. The summed E-state index contributed by atoms with van der Waals surface area (Å²) in [5, 5.41) is 14.5. The highest BCUT2D eigenvalue weighted by Gasteiger charge is 2.20. The van der Waals surface area contributed by atoms with Gasteiger partial charge in [-0.15, -0.1) is 5.10 Å². The largest absolute Gasteiger partial charge is 0.256 e. The molecule has 2 aromatic heterocycles. The van der Waals surface area contributed by atoms with Crippen LogP contribution in [-0.2, 0) is 11.3 Å². The van der Waals surface area contributed by atoms with Crippen LogP contribution in [0.4, 0.5) is 0 Å². The van der Waals surface area contributed by atoms with Crippen LogP contribution < -0.4 is 0 Å². The van der Waals surface area contributed by atoms with E-state index < -0.39 is 0 Å². The van der Waals surface area contributed by atoms with E-state index in [1.165, 1.54) is 0 Å². The van der Waals surface area contributed by atoms with Crippen molar-refractivity contribution >= 4 is 34.3 Å². The third-order valence-corrected chi connectivity index (χ3v) is 4.53. The van der Waals surface area contributed by atoms with E-state index in [1.54, 1.807) is 18.0 Å². The SMILES string of the molecule is CC(C)(C)n1nnnc1SCc1ccc(Cl)c2cccnc12. The number of thioether (sulfide) groups is 1. The van der Waals surface area contributed by atoms with E-state index >= 15 is 0 Å². The number of pyridine rings is 1. The minimum Gasteiger partial charge on any atom is -0.256 e. The van der Waals surface area contributed by atoms with E-state index in [2.05, 4.69) is 41.3 Å². The van der Waals surface area contributed by atoms with Crippen molar-refractivity contribution in [3.8, 4) is 0 Å². The second kappa shape index (κ2) is 5.85. The van der Waals surface area contributed by atoms with Gasteiger partial charge in [0.1, 0.15) is 0 Å². The predicted molar refractivity (Wildman–Crippen MR) is 89.1 cm³/mol. The highest BCUT2D eigenvalue weighted by molar-refractivity contribution is 7.98. The Bertz CT molecular complexity index is 809. The molecule has 0 atom stereocenters. The first kappa shape index (κ1) is 15.2. The van der Waals surface area contributed by atoms with Crippen molar-refractivity contribution < 1.29 is 0 Å². The molecule has 0 bridgehead atoms. The van der Waals surface area contributed by atoms with Gasteiger partial charge in [0, 0.05) is 22.4 Å². The molecule has 3 rings (SSSR count). The van der Waals surface area contributed by atoms with Gasteiger partial charge in [-0.1, -0.05) is 29.4 Å². The van der Waals surface area contributed by atoms with Gasteiger partial charge in [0.15, 0.2) is 0 Å². The molecule has 0 saturated carbocycles. The Balaban J connectivity index is 1.90. The van der Waals surface area contributed by atoms with Crippen LogP contribution in [0.25, 0.3) is 10.9 Å². The molecule has 7 heteroatoms. The fourth-order valence-electron chi connectivity index (χ4n) is 2.15. The van der Waals surface area contributed by atoms with E-state index in [9.17, 15) is 0 Å². The van der Waals surface area contributed by atoms with Gasteiger partial charge in [-0.3, -0.25) is 4.98 Å². The Morgan fingerprint density at radius 1 is 1.23 bits per heavy atom. The van der Waals surface area contributed by atoms with Gasteiger partial charge in [0.25, 0.3) is 0 Å². The van der Waals surface area contributed by atoms with Crippen molar-refractivity contribution in [1.29, 1.82) is 0 Å². The molecule has 0 saturated heterocycles. The molecular weight excluding hydrogens is 318 g/mol.